The molecule has 1 fully saturated rings. The summed E-state index contributed by atoms with van der Waals surface area (Å²) in [6.07, 6.45) is 4.21. The molecular formula is C16H33ClN2O. The number of amides is 1. The van der Waals surface area contributed by atoms with Crippen molar-refractivity contribution in [2.75, 3.05) is 13.1 Å². The smallest absolute Gasteiger partial charge is 0.223 e. The summed E-state index contributed by atoms with van der Waals surface area (Å²) in [6, 6.07) is 0.289. The lowest BCUT2D eigenvalue weighted by molar-refractivity contribution is -0.127. The summed E-state index contributed by atoms with van der Waals surface area (Å²) >= 11 is 0. The molecule has 1 rings (SSSR count). The summed E-state index contributed by atoms with van der Waals surface area (Å²) in [4.78, 5) is 12.4. The largest absolute Gasteiger partial charge is 0.353 e. The van der Waals surface area contributed by atoms with Crippen LogP contribution in [-0.4, -0.2) is 25.0 Å². The monoisotopic (exact) mass is 304 g/mol. The van der Waals surface area contributed by atoms with Gasteiger partial charge in [-0.15, -0.1) is 12.4 Å². The lowest BCUT2D eigenvalue weighted by Gasteiger charge is -2.34. The number of nitrogens with one attached hydrogen (secondary N) is 2. The van der Waals surface area contributed by atoms with Crippen molar-refractivity contribution in [2.24, 2.45) is 17.3 Å². The van der Waals surface area contributed by atoms with E-state index in [4.69, 9.17) is 0 Å². The van der Waals surface area contributed by atoms with Crippen LogP contribution in [0.15, 0.2) is 0 Å². The van der Waals surface area contributed by atoms with Gasteiger partial charge >= 0.3 is 0 Å². The van der Waals surface area contributed by atoms with Gasteiger partial charge < -0.3 is 10.6 Å². The van der Waals surface area contributed by atoms with Gasteiger partial charge in [0, 0.05) is 12.0 Å². The Morgan fingerprint density at radius 2 is 1.75 bits per heavy atom. The number of carbonyl (C=O) groups excluding carboxylic acids is 1. The fourth-order valence-electron chi connectivity index (χ4n) is 2.60. The van der Waals surface area contributed by atoms with E-state index in [2.05, 4.69) is 45.3 Å². The van der Waals surface area contributed by atoms with Gasteiger partial charge in [-0.1, -0.05) is 34.6 Å². The van der Waals surface area contributed by atoms with Crippen molar-refractivity contribution in [1.29, 1.82) is 0 Å². The van der Waals surface area contributed by atoms with Gasteiger partial charge in [0.1, 0.15) is 0 Å². The van der Waals surface area contributed by atoms with Crippen molar-refractivity contribution in [3.63, 3.8) is 0 Å². The van der Waals surface area contributed by atoms with Crippen LogP contribution in [0.3, 0.4) is 0 Å². The highest BCUT2D eigenvalue weighted by Crippen LogP contribution is 2.25. The van der Waals surface area contributed by atoms with Crippen LogP contribution >= 0.6 is 12.4 Å². The SMILES string of the molecule is CC(C)CCC(NC(=O)C1CCNCC1)C(C)(C)C.Cl. The molecule has 1 aliphatic heterocycles. The Kier molecular flexibility index (Phi) is 8.76. The van der Waals surface area contributed by atoms with Crippen LogP contribution in [0.2, 0.25) is 0 Å². The Morgan fingerprint density at radius 1 is 1.20 bits per heavy atom. The molecule has 0 saturated carbocycles. The molecule has 0 spiro atoms. The average molecular weight is 305 g/mol. The first-order valence-corrected chi connectivity index (χ1v) is 7.81. The topological polar surface area (TPSA) is 41.1 Å². The third kappa shape index (κ3) is 6.94. The van der Waals surface area contributed by atoms with Crippen molar-refractivity contribution in [1.82, 2.24) is 10.6 Å². The second-order valence-electron chi connectivity index (χ2n) is 7.42. The van der Waals surface area contributed by atoms with Gasteiger partial charge in [-0.2, -0.15) is 0 Å². The molecular weight excluding hydrogens is 272 g/mol. The summed E-state index contributed by atoms with van der Waals surface area (Å²) in [5.74, 6) is 1.18. The van der Waals surface area contributed by atoms with E-state index in [1.165, 1.54) is 6.42 Å². The molecule has 0 aromatic carbocycles. The molecule has 0 aliphatic carbocycles. The van der Waals surface area contributed by atoms with E-state index in [0.717, 1.165) is 32.4 Å². The Balaban J connectivity index is 0.00000361. The van der Waals surface area contributed by atoms with E-state index < -0.39 is 0 Å². The molecule has 4 heteroatoms. The summed E-state index contributed by atoms with van der Waals surface area (Å²) in [7, 11) is 0. The fourth-order valence-corrected chi connectivity index (χ4v) is 2.60. The van der Waals surface area contributed by atoms with Gasteiger partial charge in [0.2, 0.25) is 5.91 Å². The Morgan fingerprint density at radius 3 is 2.20 bits per heavy atom. The zero-order valence-corrected chi connectivity index (χ0v) is 14.6. The van der Waals surface area contributed by atoms with Crippen LogP contribution in [0, 0.1) is 17.3 Å². The lowest BCUT2D eigenvalue weighted by atomic mass is 9.82. The van der Waals surface area contributed by atoms with Crippen LogP contribution in [0.1, 0.15) is 60.3 Å². The number of carbonyl (C=O) groups is 1. The standard InChI is InChI=1S/C16H32N2O.ClH/c1-12(2)6-7-14(16(3,4)5)18-15(19)13-8-10-17-11-9-13;/h12-14,17H,6-11H2,1-5H3,(H,18,19);1H. The highest BCUT2D eigenvalue weighted by molar-refractivity contribution is 5.85. The zero-order valence-electron chi connectivity index (χ0n) is 13.8. The van der Waals surface area contributed by atoms with Gasteiger partial charge in [0.05, 0.1) is 0 Å². The van der Waals surface area contributed by atoms with Gasteiger partial charge in [-0.05, 0) is 50.1 Å². The van der Waals surface area contributed by atoms with Crippen molar-refractivity contribution < 1.29 is 4.79 Å². The molecule has 20 heavy (non-hydrogen) atoms. The summed E-state index contributed by atoms with van der Waals surface area (Å²) in [5.41, 5.74) is 0.136. The minimum Gasteiger partial charge on any atom is -0.353 e. The van der Waals surface area contributed by atoms with Crippen LogP contribution in [0.5, 0.6) is 0 Å². The Bertz CT molecular complexity index is 281. The Hall–Kier alpha value is -0.280. The molecule has 0 aromatic rings. The van der Waals surface area contributed by atoms with Crippen molar-refractivity contribution >= 4 is 18.3 Å². The minimum atomic E-state index is 0. The molecule has 1 unspecified atom stereocenters. The predicted octanol–water partition coefficient (Wildman–Crippen LogP) is 3.37. The van der Waals surface area contributed by atoms with Crippen molar-refractivity contribution in [3.05, 3.63) is 0 Å². The molecule has 0 bridgehead atoms. The lowest BCUT2D eigenvalue weighted by Crippen LogP contribution is -2.47. The maximum Gasteiger partial charge on any atom is 0.223 e. The van der Waals surface area contributed by atoms with Crippen molar-refractivity contribution in [2.45, 2.75) is 66.3 Å². The fraction of sp³-hybridized carbons (Fsp3) is 0.938. The third-order valence-corrected chi connectivity index (χ3v) is 4.10. The molecule has 1 saturated heterocycles. The number of piperidine rings is 1. The summed E-state index contributed by atoms with van der Waals surface area (Å²) in [6.45, 7) is 13.1. The number of rotatable bonds is 5. The average Bonchev–Trinajstić information content (AvgIpc) is 2.33. The minimum absolute atomic E-state index is 0. The van der Waals surface area contributed by atoms with E-state index in [1.807, 2.05) is 0 Å². The second-order valence-corrected chi connectivity index (χ2v) is 7.42. The molecule has 120 valence electrons. The van der Waals surface area contributed by atoms with E-state index in [0.29, 0.717) is 5.92 Å². The molecule has 1 amide bonds. The van der Waals surface area contributed by atoms with Gasteiger partial charge in [-0.3, -0.25) is 4.79 Å². The number of halogens is 1. The molecule has 3 nitrogen and oxygen atoms in total. The molecule has 2 N–H and O–H groups in total. The summed E-state index contributed by atoms with van der Waals surface area (Å²) in [5, 5.41) is 6.63. The van der Waals surface area contributed by atoms with Gasteiger partial charge in [0.15, 0.2) is 0 Å². The van der Waals surface area contributed by atoms with Crippen LogP contribution in [-0.2, 0) is 4.79 Å². The molecule has 1 atom stereocenters. The van der Waals surface area contributed by atoms with Crippen molar-refractivity contribution in [3.8, 4) is 0 Å². The van der Waals surface area contributed by atoms with Crippen LogP contribution < -0.4 is 10.6 Å². The first-order chi connectivity index (χ1) is 8.80. The van der Waals surface area contributed by atoms with Crippen LogP contribution in [0.25, 0.3) is 0 Å². The zero-order chi connectivity index (χ0) is 14.5. The second kappa shape index (κ2) is 8.89. The van der Waals surface area contributed by atoms with Gasteiger partial charge in [0.25, 0.3) is 0 Å². The maximum absolute atomic E-state index is 12.4. The normalized spacial score (nSPS) is 18.5. The van der Waals surface area contributed by atoms with Crippen LogP contribution in [0.4, 0.5) is 0 Å². The maximum atomic E-state index is 12.4. The molecule has 0 aromatic heterocycles. The Labute approximate surface area is 131 Å². The first kappa shape index (κ1) is 19.7. The summed E-state index contributed by atoms with van der Waals surface area (Å²) < 4.78 is 0. The highest BCUT2D eigenvalue weighted by Gasteiger charge is 2.29. The molecule has 1 aliphatic rings. The van der Waals surface area contributed by atoms with Gasteiger partial charge in [-0.25, -0.2) is 0 Å². The highest BCUT2D eigenvalue weighted by atomic mass is 35.5. The number of hydrogen-bond acceptors (Lipinski definition) is 2. The van der Waals surface area contributed by atoms with E-state index in [9.17, 15) is 4.79 Å². The first-order valence-electron chi connectivity index (χ1n) is 7.81. The van der Waals surface area contributed by atoms with E-state index >= 15 is 0 Å². The molecule has 0 radical (unpaired) electrons. The van der Waals surface area contributed by atoms with E-state index in [-0.39, 0.29) is 35.7 Å². The quantitative estimate of drug-likeness (QED) is 0.817. The predicted molar refractivity (Wildman–Crippen MR) is 88.3 cm³/mol. The van der Waals surface area contributed by atoms with E-state index in [1.54, 1.807) is 0 Å². The number of hydrogen-bond donors (Lipinski definition) is 2. The third-order valence-electron chi connectivity index (χ3n) is 4.10. The molecule has 1 heterocycles.